The Hall–Kier alpha value is -1.35. The highest BCUT2D eigenvalue weighted by Gasteiger charge is 2.39. The molecule has 108 valence electrons. The van der Waals surface area contributed by atoms with Gasteiger partial charge in [0.25, 0.3) is 0 Å². The van der Waals surface area contributed by atoms with Crippen molar-refractivity contribution in [3.05, 3.63) is 35.9 Å². The van der Waals surface area contributed by atoms with Gasteiger partial charge < -0.3 is 4.90 Å². The first-order valence-corrected chi connectivity index (χ1v) is 7.91. The monoisotopic (exact) mass is 272 g/mol. The Morgan fingerprint density at radius 2 is 1.90 bits per heavy atom. The van der Waals surface area contributed by atoms with Gasteiger partial charge in [0.1, 0.15) is 6.04 Å². The lowest BCUT2D eigenvalue weighted by atomic mass is 10.1. The summed E-state index contributed by atoms with van der Waals surface area (Å²) in [6.07, 6.45) is 6.42. The second-order valence-electron chi connectivity index (χ2n) is 6.08. The van der Waals surface area contributed by atoms with Crippen LogP contribution in [0.2, 0.25) is 0 Å². The van der Waals surface area contributed by atoms with Gasteiger partial charge in [-0.15, -0.1) is 0 Å². The van der Waals surface area contributed by atoms with Gasteiger partial charge in [0.15, 0.2) is 0 Å². The fourth-order valence-electron chi connectivity index (χ4n) is 3.58. The predicted molar refractivity (Wildman–Crippen MR) is 80.1 cm³/mol. The van der Waals surface area contributed by atoms with E-state index in [1.54, 1.807) is 0 Å². The molecule has 3 rings (SSSR count). The summed E-state index contributed by atoms with van der Waals surface area (Å²) in [6, 6.07) is 9.94. The molecule has 0 radical (unpaired) electrons. The number of carbonyl (C=O) groups excluding carboxylic acids is 1. The molecule has 1 aromatic carbocycles. The van der Waals surface area contributed by atoms with E-state index in [9.17, 15) is 4.79 Å². The van der Waals surface area contributed by atoms with Crippen LogP contribution in [0.4, 0.5) is 0 Å². The van der Waals surface area contributed by atoms with Crippen LogP contribution in [0.15, 0.2) is 30.3 Å². The molecule has 1 aromatic rings. The molecule has 2 unspecified atom stereocenters. The van der Waals surface area contributed by atoms with E-state index in [4.69, 9.17) is 0 Å². The second-order valence-corrected chi connectivity index (χ2v) is 6.08. The second kappa shape index (κ2) is 5.96. The summed E-state index contributed by atoms with van der Waals surface area (Å²) in [5.41, 5.74) is 1.09. The Morgan fingerprint density at radius 3 is 2.55 bits per heavy atom. The third kappa shape index (κ3) is 2.59. The van der Waals surface area contributed by atoms with Crippen LogP contribution in [0.25, 0.3) is 0 Å². The van der Waals surface area contributed by atoms with Gasteiger partial charge >= 0.3 is 0 Å². The number of nitrogens with zero attached hydrogens (tertiary/aromatic N) is 1. The normalized spacial score (nSPS) is 27.4. The summed E-state index contributed by atoms with van der Waals surface area (Å²) in [4.78, 5) is 14.8. The van der Waals surface area contributed by atoms with E-state index in [0.29, 0.717) is 5.92 Å². The van der Waals surface area contributed by atoms with Gasteiger partial charge in [-0.1, -0.05) is 50.1 Å². The molecule has 1 amide bonds. The first-order valence-electron chi connectivity index (χ1n) is 7.91. The molecule has 3 nitrogen and oxygen atoms in total. The Morgan fingerprint density at radius 1 is 1.20 bits per heavy atom. The zero-order valence-electron chi connectivity index (χ0n) is 12.2. The van der Waals surface area contributed by atoms with Crippen molar-refractivity contribution in [2.24, 2.45) is 5.92 Å². The Balaban J connectivity index is 1.74. The van der Waals surface area contributed by atoms with E-state index in [0.717, 1.165) is 18.5 Å². The first-order chi connectivity index (χ1) is 9.79. The summed E-state index contributed by atoms with van der Waals surface area (Å²) >= 11 is 0. The molecule has 0 spiro atoms. The van der Waals surface area contributed by atoms with Crippen LogP contribution in [-0.4, -0.2) is 23.5 Å². The SMILES string of the molecule is CCC1NC(c2ccccc2)C(=O)N1CC1CCCC1. The summed E-state index contributed by atoms with van der Waals surface area (Å²) in [5, 5.41) is 3.51. The van der Waals surface area contributed by atoms with Gasteiger partial charge in [-0.3, -0.25) is 10.1 Å². The van der Waals surface area contributed by atoms with E-state index < -0.39 is 0 Å². The zero-order chi connectivity index (χ0) is 13.9. The van der Waals surface area contributed by atoms with Crippen molar-refractivity contribution < 1.29 is 4.79 Å². The quantitative estimate of drug-likeness (QED) is 0.913. The van der Waals surface area contributed by atoms with Crippen molar-refractivity contribution in [1.29, 1.82) is 0 Å². The van der Waals surface area contributed by atoms with Crippen molar-refractivity contribution in [3.8, 4) is 0 Å². The summed E-state index contributed by atoms with van der Waals surface area (Å²) in [6.45, 7) is 3.09. The van der Waals surface area contributed by atoms with Crippen LogP contribution in [-0.2, 0) is 4.79 Å². The minimum Gasteiger partial charge on any atom is -0.325 e. The van der Waals surface area contributed by atoms with E-state index in [2.05, 4.69) is 17.1 Å². The predicted octanol–water partition coefficient (Wildman–Crippen LogP) is 3.09. The largest absolute Gasteiger partial charge is 0.325 e. The Labute approximate surface area is 121 Å². The molecule has 2 aliphatic rings. The smallest absolute Gasteiger partial charge is 0.245 e. The van der Waals surface area contributed by atoms with Crippen molar-refractivity contribution in [3.63, 3.8) is 0 Å². The molecule has 1 N–H and O–H groups in total. The maximum Gasteiger partial charge on any atom is 0.245 e. The van der Waals surface area contributed by atoms with Crippen molar-refractivity contribution >= 4 is 5.91 Å². The third-order valence-electron chi connectivity index (χ3n) is 4.71. The van der Waals surface area contributed by atoms with E-state index in [-0.39, 0.29) is 18.1 Å². The number of amides is 1. The first kappa shape index (κ1) is 13.6. The van der Waals surface area contributed by atoms with Crippen LogP contribution in [0.3, 0.4) is 0 Å². The molecule has 3 heteroatoms. The highest BCUT2D eigenvalue weighted by Crippen LogP contribution is 2.30. The molecule has 1 aliphatic heterocycles. The maximum absolute atomic E-state index is 12.7. The molecule has 1 saturated heterocycles. The lowest BCUT2D eigenvalue weighted by Gasteiger charge is -2.26. The van der Waals surface area contributed by atoms with Gasteiger partial charge in [0.2, 0.25) is 5.91 Å². The average Bonchev–Trinajstić information content (AvgIpc) is 3.10. The van der Waals surface area contributed by atoms with Gasteiger partial charge in [-0.2, -0.15) is 0 Å². The minimum absolute atomic E-state index is 0.150. The van der Waals surface area contributed by atoms with Crippen LogP contribution < -0.4 is 5.32 Å². The fourth-order valence-corrected chi connectivity index (χ4v) is 3.58. The zero-order valence-corrected chi connectivity index (χ0v) is 12.2. The highest BCUT2D eigenvalue weighted by molar-refractivity contribution is 5.85. The maximum atomic E-state index is 12.7. The average molecular weight is 272 g/mol. The molecule has 20 heavy (non-hydrogen) atoms. The molecular weight excluding hydrogens is 248 g/mol. The number of benzene rings is 1. The van der Waals surface area contributed by atoms with Crippen molar-refractivity contribution in [2.45, 2.75) is 51.2 Å². The van der Waals surface area contributed by atoms with Crippen molar-refractivity contribution in [2.75, 3.05) is 6.54 Å². The standard InChI is InChI=1S/C17H24N2O/c1-2-15-18-16(14-10-4-3-5-11-14)17(20)19(15)12-13-8-6-7-9-13/h3-5,10-11,13,15-16,18H,2,6-9,12H2,1H3. The number of rotatable bonds is 4. The Kier molecular flexibility index (Phi) is 4.06. The van der Waals surface area contributed by atoms with Crippen molar-refractivity contribution in [1.82, 2.24) is 10.2 Å². The Bertz CT molecular complexity index is 453. The van der Waals surface area contributed by atoms with E-state index >= 15 is 0 Å². The summed E-state index contributed by atoms with van der Waals surface area (Å²) in [7, 11) is 0. The molecule has 1 aliphatic carbocycles. The lowest BCUT2D eigenvalue weighted by Crippen LogP contribution is -2.39. The molecular formula is C17H24N2O. The molecule has 2 fully saturated rings. The third-order valence-corrected chi connectivity index (χ3v) is 4.71. The highest BCUT2D eigenvalue weighted by atomic mass is 16.2. The van der Waals surface area contributed by atoms with Crippen LogP contribution in [0.5, 0.6) is 0 Å². The number of hydrogen-bond acceptors (Lipinski definition) is 2. The van der Waals surface area contributed by atoms with Gasteiger partial charge in [-0.25, -0.2) is 0 Å². The fraction of sp³-hybridized carbons (Fsp3) is 0.588. The van der Waals surface area contributed by atoms with E-state index in [1.807, 2.05) is 30.3 Å². The van der Waals surface area contributed by atoms with Gasteiger partial charge in [-0.05, 0) is 30.7 Å². The lowest BCUT2D eigenvalue weighted by molar-refractivity contribution is -0.130. The molecule has 1 saturated carbocycles. The molecule has 2 atom stereocenters. The summed E-state index contributed by atoms with van der Waals surface area (Å²) < 4.78 is 0. The van der Waals surface area contributed by atoms with Crippen LogP contribution in [0.1, 0.15) is 50.6 Å². The minimum atomic E-state index is -0.150. The van der Waals surface area contributed by atoms with E-state index in [1.165, 1.54) is 25.7 Å². The number of nitrogens with one attached hydrogen (secondary N) is 1. The van der Waals surface area contributed by atoms with Crippen LogP contribution in [0, 0.1) is 5.92 Å². The molecule has 0 bridgehead atoms. The van der Waals surface area contributed by atoms with Gasteiger partial charge in [0.05, 0.1) is 6.17 Å². The topological polar surface area (TPSA) is 32.3 Å². The van der Waals surface area contributed by atoms with Gasteiger partial charge in [0, 0.05) is 6.54 Å². The molecule has 0 aromatic heterocycles. The summed E-state index contributed by atoms with van der Waals surface area (Å²) in [5.74, 6) is 0.972. The number of carbonyl (C=O) groups is 1. The van der Waals surface area contributed by atoms with Crippen LogP contribution >= 0.6 is 0 Å². The number of hydrogen-bond donors (Lipinski definition) is 1. The molecule has 1 heterocycles.